The minimum atomic E-state index is 0.465. The van der Waals surface area contributed by atoms with Gasteiger partial charge in [0, 0.05) is 12.0 Å². The number of rotatable bonds is 6. The molecule has 2 aliphatic carbocycles. The van der Waals surface area contributed by atoms with Crippen LogP contribution in [0, 0.1) is 11.3 Å². The molecule has 2 saturated carbocycles. The molecule has 76 valence electrons. The van der Waals surface area contributed by atoms with E-state index in [1.807, 2.05) is 0 Å². The van der Waals surface area contributed by atoms with Gasteiger partial charge in [0.15, 0.2) is 0 Å². The van der Waals surface area contributed by atoms with Gasteiger partial charge in [-0.2, -0.15) is 12.6 Å². The van der Waals surface area contributed by atoms with Crippen molar-refractivity contribution in [1.82, 2.24) is 0 Å². The molecule has 0 bridgehead atoms. The summed E-state index contributed by atoms with van der Waals surface area (Å²) in [6.45, 7) is 1.95. The van der Waals surface area contributed by atoms with E-state index < -0.39 is 0 Å². The molecule has 0 atom stereocenters. The van der Waals surface area contributed by atoms with Gasteiger partial charge in [-0.15, -0.1) is 0 Å². The molecule has 13 heavy (non-hydrogen) atoms. The second-order valence-electron chi connectivity index (χ2n) is 4.80. The lowest BCUT2D eigenvalue weighted by molar-refractivity contribution is 0.00829. The quantitative estimate of drug-likeness (QED) is 0.512. The van der Waals surface area contributed by atoms with Crippen LogP contribution >= 0.6 is 12.6 Å². The van der Waals surface area contributed by atoms with E-state index in [1.54, 1.807) is 0 Å². The van der Waals surface area contributed by atoms with E-state index in [1.165, 1.54) is 38.5 Å². The molecule has 0 N–H and O–H groups in total. The van der Waals surface area contributed by atoms with Gasteiger partial charge in [0.05, 0.1) is 6.61 Å². The third-order valence-corrected chi connectivity index (χ3v) is 4.20. The number of ether oxygens (including phenoxy) is 1. The molecule has 0 aromatic heterocycles. The molecular formula is C11H20OS. The molecule has 0 saturated heterocycles. The highest BCUT2D eigenvalue weighted by Gasteiger charge is 2.35. The van der Waals surface area contributed by atoms with Gasteiger partial charge in [0.2, 0.25) is 0 Å². The van der Waals surface area contributed by atoms with E-state index >= 15 is 0 Å². The number of hydrogen-bond acceptors (Lipinski definition) is 2. The summed E-state index contributed by atoms with van der Waals surface area (Å²) >= 11 is 4.41. The fourth-order valence-electron chi connectivity index (χ4n) is 1.97. The van der Waals surface area contributed by atoms with Crippen LogP contribution < -0.4 is 0 Å². The first-order chi connectivity index (χ1) is 6.35. The van der Waals surface area contributed by atoms with Crippen LogP contribution in [0.1, 0.15) is 38.5 Å². The van der Waals surface area contributed by atoms with Gasteiger partial charge >= 0.3 is 0 Å². The van der Waals surface area contributed by atoms with Gasteiger partial charge in [-0.3, -0.25) is 0 Å². The minimum absolute atomic E-state index is 0.465. The second kappa shape index (κ2) is 4.22. The average Bonchev–Trinajstić information content (AvgIpc) is 2.86. The fraction of sp³-hybridized carbons (Fsp3) is 1.00. The molecule has 0 spiro atoms. The van der Waals surface area contributed by atoms with Gasteiger partial charge in [-0.1, -0.05) is 19.3 Å². The first-order valence-corrected chi connectivity index (χ1v) is 6.16. The van der Waals surface area contributed by atoms with Crippen LogP contribution in [0.5, 0.6) is 0 Å². The Kier molecular flexibility index (Phi) is 3.20. The largest absolute Gasteiger partial charge is 0.381 e. The molecular weight excluding hydrogens is 180 g/mol. The van der Waals surface area contributed by atoms with E-state index in [0.29, 0.717) is 5.41 Å². The van der Waals surface area contributed by atoms with E-state index in [-0.39, 0.29) is 0 Å². The summed E-state index contributed by atoms with van der Waals surface area (Å²) in [5.41, 5.74) is 0.465. The molecule has 0 amide bonds. The Hall–Kier alpha value is 0.310. The summed E-state index contributed by atoms with van der Waals surface area (Å²) < 4.78 is 5.73. The first-order valence-electron chi connectivity index (χ1n) is 5.53. The zero-order valence-corrected chi connectivity index (χ0v) is 9.19. The Morgan fingerprint density at radius 1 is 1.31 bits per heavy atom. The highest BCUT2D eigenvalue weighted by atomic mass is 32.1. The van der Waals surface area contributed by atoms with Crippen molar-refractivity contribution in [3.8, 4) is 0 Å². The van der Waals surface area contributed by atoms with Crippen molar-refractivity contribution in [2.75, 3.05) is 19.0 Å². The highest BCUT2D eigenvalue weighted by Crippen LogP contribution is 2.42. The molecule has 0 heterocycles. The van der Waals surface area contributed by atoms with Crippen LogP contribution in [-0.2, 0) is 4.74 Å². The minimum Gasteiger partial charge on any atom is -0.381 e. The van der Waals surface area contributed by atoms with Crippen LogP contribution in [0.25, 0.3) is 0 Å². The molecule has 2 rings (SSSR count). The standard InChI is InChI=1S/C11H20OS/c13-9-11(5-1-6-11)8-12-7-4-10-2-3-10/h10,13H,1-9H2. The van der Waals surface area contributed by atoms with Crippen molar-refractivity contribution in [1.29, 1.82) is 0 Å². The Morgan fingerprint density at radius 2 is 2.08 bits per heavy atom. The summed E-state index contributed by atoms with van der Waals surface area (Å²) in [6, 6.07) is 0. The normalized spacial score (nSPS) is 25.6. The average molecular weight is 200 g/mol. The molecule has 0 radical (unpaired) electrons. The second-order valence-corrected chi connectivity index (χ2v) is 5.11. The summed E-state index contributed by atoms with van der Waals surface area (Å²) in [4.78, 5) is 0. The van der Waals surface area contributed by atoms with E-state index in [9.17, 15) is 0 Å². The Morgan fingerprint density at radius 3 is 2.54 bits per heavy atom. The van der Waals surface area contributed by atoms with Crippen LogP contribution in [-0.4, -0.2) is 19.0 Å². The Balaban J connectivity index is 1.54. The van der Waals surface area contributed by atoms with Crippen LogP contribution in [0.4, 0.5) is 0 Å². The van der Waals surface area contributed by atoms with Crippen LogP contribution in [0.2, 0.25) is 0 Å². The molecule has 0 unspecified atom stereocenters. The third kappa shape index (κ3) is 2.63. The van der Waals surface area contributed by atoms with Gasteiger partial charge in [-0.05, 0) is 30.9 Å². The maximum atomic E-state index is 5.73. The lowest BCUT2D eigenvalue weighted by atomic mass is 9.71. The predicted octanol–water partition coefficient (Wildman–Crippen LogP) is 2.90. The van der Waals surface area contributed by atoms with E-state index in [2.05, 4.69) is 12.6 Å². The zero-order valence-electron chi connectivity index (χ0n) is 8.30. The lowest BCUT2D eigenvalue weighted by Crippen LogP contribution is -2.36. The molecule has 1 nitrogen and oxygen atoms in total. The summed E-state index contributed by atoms with van der Waals surface area (Å²) in [5.74, 6) is 2.02. The van der Waals surface area contributed by atoms with Crippen molar-refractivity contribution in [2.45, 2.75) is 38.5 Å². The predicted molar refractivity (Wildman–Crippen MR) is 58.3 cm³/mol. The maximum Gasteiger partial charge on any atom is 0.0530 e. The molecule has 0 aromatic carbocycles. The van der Waals surface area contributed by atoms with Gasteiger partial charge < -0.3 is 4.74 Å². The van der Waals surface area contributed by atoms with Crippen molar-refractivity contribution in [3.63, 3.8) is 0 Å². The van der Waals surface area contributed by atoms with Crippen molar-refractivity contribution in [3.05, 3.63) is 0 Å². The Bertz CT molecular complexity index is 156. The highest BCUT2D eigenvalue weighted by molar-refractivity contribution is 7.80. The lowest BCUT2D eigenvalue weighted by Gasteiger charge is -2.40. The molecule has 0 aliphatic heterocycles. The summed E-state index contributed by atoms with van der Waals surface area (Å²) in [7, 11) is 0. The zero-order chi connectivity index (χ0) is 9.15. The van der Waals surface area contributed by atoms with E-state index in [0.717, 1.165) is 24.9 Å². The summed E-state index contributed by atoms with van der Waals surface area (Å²) in [6.07, 6.45) is 8.23. The van der Waals surface area contributed by atoms with Gasteiger partial charge in [-0.25, -0.2) is 0 Å². The molecule has 2 aliphatic rings. The maximum absolute atomic E-state index is 5.73. The van der Waals surface area contributed by atoms with E-state index in [4.69, 9.17) is 4.74 Å². The molecule has 2 heteroatoms. The van der Waals surface area contributed by atoms with Crippen LogP contribution in [0.3, 0.4) is 0 Å². The van der Waals surface area contributed by atoms with Gasteiger partial charge in [0.25, 0.3) is 0 Å². The van der Waals surface area contributed by atoms with Gasteiger partial charge in [0.1, 0.15) is 0 Å². The first kappa shape index (κ1) is 9.85. The number of thiol groups is 1. The SMILES string of the molecule is SCC1(COCCC2CC2)CCC1. The third-order valence-electron chi connectivity index (χ3n) is 3.53. The summed E-state index contributed by atoms with van der Waals surface area (Å²) in [5, 5.41) is 0. The van der Waals surface area contributed by atoms with Crippen molar-refractivity contribution < 1.29 is 4.74 Å². The van der Waals surface area contributed by atoms with Crippen molar-refractivity contribution in [2.24, 2.45) is 11.3 Å². The molecule has 0 aromatic rings. The topological polar surface area (TPSA) is 9.23 Å². The van der Waals surface area contributed by atoms with Crippen LogP contribution in [0.15, 0.2) is 0 Å². The molecule has 2 fully saturated rings. The number of hydrogen-bond donors (Lipinski definition) is 1. The monoisotopic (exact) mass is 200 g/mol. The fourth-order valence-corrected chi connectivity index (χ4v) is 2.38. The van der Waals surface area contributed by atoms with Crippen molar-refractivity contribution >= 4 is 12.6 Å². The Labute approximate surface area is 86.6 Å². The smallest absolute Gasteiger partial charge is 0.0530 e.